The summed E-state index contributed by atoms with van der Waals surface area (Å²) in [5, 5.41) is 6.53. The van der Waals surface area contributed by atoms with E-state index in [1.165, 1.54) is 5.56 Å². The highest BCUT2D eigenvalue weighted by atomic mass is 16.1. The molecule has 21 heavy (non-hydrogen) atoms. The Morgan fingerprint density at radius 2 is 2.05 bits per heavy atom. The molecule has 0 bridgehead atoms. The molecule has 3 rings (SSSR count). The molecule has 1 aromatic rings. The molecule has 0 amide bonds. The molecule has 1 atom stereocenters. The molecule has 1 aliphatic carbocycles. The van der Waals surface area contributed by atoms with Crippen molar-refractivity contribution in [3.63, 3.8) is 0 Å². The fourth-order valence-electron chi connectivity index (χ4n) is 2.84. The van der Waals surface area contributed by atoms with Gasteiger partial charge in [0.05, 0.1) is 6.04 Å². The zero-order chi connectivity index (χ0) is 14.9. The molecular formula is C17H21N3O. The fourth-order valence-corrected chi connectivity index (χ4v) is 2.84. The van der Waals surface area contributed by atoms with Gasteiger partial charge in [0.15, 0.2) is 0 Å². The topological polar surface area (TPSA) is 45.0 Å². The minimum atomic E-state index is -0.248. The predicted molar refractivity (Wildman–Crippen MR) is 84.5 cm³/mol. The Morgan fingerprint density at radius 1 is 1.33 bits per heavy atom. The lowest BCUT2D eigenvalue weighted by atomic mass is 10.0. The molecule has 1 unspecified atom stereocenters. The molecule has 1 saturated carbocycles. The first kappa shape index (κ1) is 14.0. The molecule has 1 aromatic carbocycles. The van der Waals surface area contributed by atoms with Gasteiger partial charge in [-0.25, -0.2) is 4.99 Å². The van der Waals surface area contributed by atoms with Crippen molar-refractivity contribution in [1.29, 1.82) is 0 Å². The van der Waals surface area contributed by atoms with Gasteiger partial charge in [0, 0.05) is 12.0 Å². The third-order valence-electron chi connectivity index (χ3n) is 4.53. The molecule has 2 fully saturated rings. The van der Waals surface area contributed by atoms with E-state index in [9.17, 15) is 4.79 Å². The highest BCUT2D eigenvalue weighted by Crippen LogP contribution is 2.46. The van der Waals surface area contributed by atoms with Crippen LogP contribution in [0.15, 0.2) is 40.4 Å². The Morgan fingerprint density at radius 3 is 2.67 bits per heavy atom. The van der Waals surface area contributed by atoms with Gasteiger partial charge in [-0.3, -0.25) is 9.80 Å². The van der Waals surface area contributed by atoms with Crippen molar-refractivity contribution >= 4 is 18.3 Å². The van der Waals surface area contributed by atoms with Crippen LogP contribution in [0.3, 0.4) is 0 Å². The lowest BCUT2D eigenvalue weighted by Gasteiger charge is -2.22. The summed E-state index contributed by atoms with van der Waals surface area (Å²) in [4.78, 5) is 16.3. The molecule has 0 N–H and O–H groups in total. The Balaban J connectivity index is 1.83. The summed E-state index contributed by atoms with van der Waals surface area (Å²) in [6, 6.07) is 10.6. The maximum atomic E-state index is 12.4. The number of hydrogen-bond acceptors (Lipinski definition) is 3. The van der Waals surface area contributed by atoms with Gasteiger partial charge in [0.25, 0.3) is 0 Å². The van der Waals surface area contributed by atoms with Gasteiger partial charge in [-0.05, 0) is 38.0 Å². The molecule has 4 nitrogen and oxygen atoms in total. The summed E-state index contributed by atoms with van der Waals surface area (Å²) >= 11 is 0. The molecule has 1 aliphatic heterocycles. The number of benzene rings is 1. The lowest BCUT2D eigenvalue weighted by molar-refractivity contribution is -0.117. The number of nitrogens with zero attached hydrogens (tertiary/aromatic N) is 3. The summed E-state index contributed by atoms with van der Waals surface area (Å²) in [5.74, 6) is 0.314. The van der Waals surface area contributed by atoms with Gasteiger partial charge in [-0.15, -0.1) is 0 Å². The van der Waals surface area contributed by atoms with Gasteiger partial charge >= 0.3 is 0 Å². The maximum Gasteiger partial charge on any atom is 0.215 e. The van der Waals surface area contributed by atoms with Crippen LogP contribution in [0, 0.1) is 5.41 Å². The first-order chi connectivity index (χ1) is 10.1. The van der Waals surface area contributed by atoms with E-state index >= 15 is 0 Å². The van der Waals surface area contributed by atoms with Crippen LogP contribution in [0.25, 0.3) is 0 Å². The van der Waals surface area contributed by atoms with E-state index < -0.39 is 0 Å². The summed E-state index contributed by atoms with van der Waals surface area (Å²) in [6.07, 6.45) is 4.01. The van der Waals surface area contributed by atoms with Crippen LogP contribution in [-0.4, -0.2) is 29.9 Å². The van der Waals surface area contributed by atoms with Crippen LogP contribution in [0.5, 0.6) is 0 Å². The second kappa shape index (κ2) is 5.43. The second-order valence-corrected chi connectivity index (χ2v) is 6.20. The number of amidine groups is 1. The van der Waals surface area contributed by atoms with Gasteiger partial charge in [0.2, 0.25) is 11.6 Å². The highest BCUT2D eigenvalue weighted by molar-refractivity contribution is 6.42. The largest absolute Gasteiger partial charge is 0.290 e. The Bertz CT molecular complexity index is 575. The normalized spacial score (nSPS) is 24.0. The van der Waals surface area contributed by atoms with Crippen LogP contribution in [-0.2, 0) is 4.79 Å². The Labute approximate surface area is 125 Å². The van der Waals surface area contributed by atoms with Gasteiger partial charge in [0.1, 0.15) is 0 Å². The average molecular weight is 283 g/mol. The van der Waals surface area contributed by atoms with E-state index in [4.69, 9.17) is 0 Å². The van der Waals surface area contributed by atoms with E-state index in [2.05, 4.69) is 28.9 Å². The van der Waals surface area contributed by atoms with Crippen LogP contribution >= 0.6 is 0 Å². The SMILES string of the molecule is C=N/C(=N\N1CCCC1c1ccccc1)C(=O)C1(C)CC1. The summed E-state index contributed by atoms with van der Waals surface area (Å²) in [5.41, 5.74) is 0.995. The number of ketones is 1. The van der Waals surface area contributed by atoms with Crippen LogP contribution in [0.2, 0.25) is 0 Å². The molecule has 0 aromatic heterocycles. The van der Waals surface area contributed by atoms with Crippen LogP contribution < -0.4 is 0 Å². The summed E-state index contributed by atoms with van der Waals surface area (Å²) in [6.45, 7) is 6.38. The smallest absolute Gasteiger partial charge is 0.215 e. The van der Waals surface area contributed by atoms with Crippen molar-refractivity contribution < 1.29 is 4.79 Å². The molecular weight excluding hydrogens is 262 g/mol. The van der Waals surface area contributed by atoms with E-state index in [0.29, 0.717) is 0 Å². The molecule has 4 heteroatoms. The third-order valence-corrected chi connectivity index (χ3v) is 4.53. The van der Waals surface area contributed by atoms with E-state index in [1.807, 2.05) is 30.1 Å². The number of carbonyl (C=O) groups is 1. The van der Waals surface area contributed by atoms with E-state index in [0.717, 1.165) is 32.2 Å². The first-order valence-electron chi connectivity index (χ1n) is 7.56. The molecule has 110 valence electrons. The van der Waals surface area contributed by atoms with Crippen molar-refractivity contribution in [2.24, 2.45) is 15.5 Å². The van der Waals surface area contributed by atoms with Crippen molar-refractivity contribution in [3.8, 4) is 0 Å². The highest BCUT2D eigenvalue weighted by Gasteiger charge is 2.47. The minimum absolute atomic E-state index is 0.0382. The first-order valence-corrected chi connectivity index (χ1v) is 7.56. The standard InChI is InChI=1S/C17H21N3O/c1-17(10-11-17)15(21)16(18-2)19-20-12-6-9-14(20)13-7-4-3-5-8-13/h3-5,7-8,14H,2,6,9-12H2,1H3/b19-16-. The third kappa shape index (κ3) is 2.75. The quantitative estimate of drug-likeness (QED) is 0.629. The van der Waals surface area contributed by atoms with Crippen molar-refractivity contribution in [2.75, 3.05) is 6.54 Å². The predicted octanol–water partition coefficient (Wildman–Crippen LogP) is 3.21. The van der Waals surface area contributed by atoms with Crippen molar-refractivity contribution in [3.05, 3.63) is 35.9 Å². The zero-order valence-electron chi connectivity index (χ0n) is 12.5. The van der Waals surface area contributed by atoms with Crippen molar-refractivity contribution in [2.45, 2.75) is 38.6 Å². The second-order valence-electron chi connectivity index (χ2n) is 6.20. The number of hydrazone groups is 1. The maximum absolute atomic E-state index is 12.4. The van der Waals surface area contributed by atoms with Gasteiger partial charge in [-0.2, -0.15) is 5.10 Å². The van der Waals surface area contributed by atoms with Crippen LogP contribution in [0.4, 0.5) is 0 Å². The number of rotatable bonds is 4. The molecule has 0 radical (unpaired) electrons. The van der Waals surface area contributed by atoms with Gasteiger partial charge in [-0.1, -0.05) is 37.3 Å². The Hall–Kier alpha value is -1.97. The zero-order valence-corrected chi connectivity index (χ0v) is 12.5. The summed E-state index contributed by atoms with van der Waals surface area (Å²) < 4.78 is 0. The average Bonchev–Trinajstić information content (AvgIpc) is 3.11. The van der Waals surface area contributed by atoms with Crippen LogP contribution in [0.1, 0.15) is 44.2 Å². The Kier molecular flexibility index (Phi) is 3.62. The van der Waals surface area contributed by atoms with E-state index in [-0.39, 0.29) is 23.1 Å². The number of hydrogen-bond donors (Lipinski definition) is 0. The molecule has 1 saturated heterocycles. The molecule has 1 heterocycles. The summed E-state index contributed by atoms with van der Waals surface area (Å²) in [7, 11) is 0. The molecule has 0 spiro atoms. The minimum Gasteiger partial charge on any atom is -0.290 e. The van der Waals surface area contributed by atoms with E-state index in [1.54, 1.807) is 0 Å². The number of carbonyl (C=O) groups excluding carboxylic acids is 1. The van der Waals surface area contributed by atoms with Crippen molar-refractivity contribution in [1.82, 2.24) is 5.01 Å². The van der Waals surface area contributed by atoms with Gasteiger partial charge < -0.3 is 0 Å². The molecule has 2 aliphatic rings. The number of Topliss-reactive ketones (excluding diaryl/α,β-unsaturated/α-hetero) is 1. The monoisotopic (exact) mass is 283 g/mol. The fraction of sp³-hybridized carbons (Fsp3) is 0.471. The number of aliphatic imine (C=N–C) groups is 1. The lowest BCUT2D eigenvalue weighted by Crippen LogP contribution is -2.26.